The summed E-state index contributed by atoms with van der Waals surface area (Å²) in [7, 11) is 0. The summed E-state index contributed by atoms with van der Waals surface area (Å²) >= 11 is 0. The molecule has 2 fully saturated rings. The number of carbonyl (C=O) groups excluding carboxylic acids is 1. The maximum atomic E-state index is 13.6. The van der Waals surface area contributed by atoms with Crippen molar-refractivity contribution in [2.45, 2.75) is 32.1 Å². The molecule has 2 aromatic heterocycles. The average molecular weight is 465 g/mol. The largest absolute Gasteiger partial charge is 0.384 e. The number of aromatic amines is 2. The number of H-pyrrole nitrogens is 2. The molecule has 176 valence electrons. The molecule has 9 heteroatoms. The van der Waals surface area contributed by atoms with Crippen molar-refractivity contribution in [3.63, 3.8) is 0 Å². The van der Waals surface area contributed by atoms with E-state index in [2.05, 4.69) is 44.5 Å². The lowest BCUT2D eigenvalue weighted by Crippen LogP contribution is -2.32. The number of fused-ring (bicyclic) bond motifs is 2. The van der Waals surface area contributed by atoms with E-state index < -0.39 is 17.8 Å². The van der Waals surface area contributed by atoms with Crippen molar-refractivity contribution in [1.82, 2.24) is 20.2 Å². The number of aromatic nitrogens is 4. The number of rotatable bonds is 6. The molecule has 1 aliphatic heterocycles. The van der Waals surface area contributed by atoms with E-state index in [0.717, 1.165) is 40.9 Å². The second-order valence-electron chi connectivity index (χ2n) is 9.80. The summed E-state index contributed by atoms with van der Waals surface area (Å²) in [4.78, 5) is 21.8. The van der Waals surface area contributed by atoms with E-state index in [4.69, 9.17) is 4.98 Å². The first kappa shape index (κ1) is 21.1. The van der Waals surface area contributed by atoms with Gasteiger partial charge in [-0.05, 0) is 55.2 Å². The number of alkyl halides is 2. The summed E-state index contributed by atoms with van der Waals surface area (Å²) in [6, 6.07) is 11.8. The molecule has 2 aliphatic rings. The highest BCUT2D eigenvalue weighted by molar-refractivity contribution is 5.95. The predicted molar refractivity (Wildman–Crippen MR) is 128 cm³/mol. The Morgan fingerprint density at radius 2 is 1.97 bits per heavy atom. The zero-order chi connectivity index (χ0) is 23.5. The third-order valence-corrected chi connectivity index (χ3v) is 7.38. The Morgan fingerprint density at radius 3 is 2.71 bits per heavy atom. The highest BCUT2D eigenvalue weighted by Gasteiger charge is 2.71. The van der Waals surface area contributed by atoms with Gasteiger partial charge in [0.15, 0.2) is 5.82 Å². The number of benzene rings is 2. The standard InChI is InChI=1S/C25H26F2N6O/c1-15-6-8-33(9-7-15)17-3-5-20-21(11-17)30-23(29-20)22-18-10-16(2-4-19(18)31-32-22)28-13-24(14-34)12-25(24,26)27/h2-5,10-11,14-15,28H,6-9,12-13H2,1H3,(H,29,30)(H,31,32). The molecule has 0 spiro atoms. The lowest BCUT2D eigenvalue weighted by atomic mass is 9.99. The van der Waals surface area contributed by atoms with Crippen LogP contribution in [0, 0.1) is 11.3 Å². The minimum atomic E-state index is -2.94. The van der Waals surface area contributed by atoms with E-state index in [1.165, 1.54) is 18.5 Å². The predicted octanol–water partition coefficient (Wildman–Crippen LogP) is 4.98. The van der Waals surface area contributed by atoms with Crippen LogP contribution < -0.4 is 10.2 Å². The molecule has 2 aromatic carbocycles. The van der Waals surface area contributed by atoms with Gasteiger partial charge < -0.3 is 20.0 Å². The Bertz CT molecular complexity index is 1390. The molecule has 0 radical (unpaired) electrons. The van der Waals surface area contributed by atoms with Crippen LogP contribution in [0.25, 0.3) is 33.5 Å². The van der Waals surface area contributed by atoms with Crippen molar-refractivity contribution in [1.29, 1.82) is 0 Å². The summed E-state index contributed by atoms with van der Waals surface area (Å²) < 4.78 is 27.2. The van der Waals surface area contributed by atoms with Gasteiger partial charge in [0.05, 0.1) is 16.6 Å². The number of anilines is 2. The van der Waals surface area contributed by atoms with Crippen LogP contribution in [-0.4, -0.2) is 52.0 Å². The van der Waals surface area contributed by atoms with Crippen molar-refractivity contribution in [3.05, 3.63) is 36.4 Å². The number of halogens is 2. The van der Waals surface area contributed by atoms with Crippen LogP contribution in [0.1, 0.15) is 26.2 Å². The van der Waals surface area contributed by atoms with Crippen LogP contribution in [0.15, 0.2) is 36.4 Å². The molecule has 1 saturated carbocycles. The van der Waals surface area contributed by atoms with E-state index in [1.807, 2.05) is 18.2 Å². The Morgan fingerprint density at radius 1 is 1.18 bits per heavy atom. The minimum Gasteiger partial charge on any atom is -0.384 e. The summed E-state index contributed by atoms with van der Waals surface area (Å²) in [6.07, 6.45) is 2.36. The SMILES string of the molecule is CC1CCN(c2ccc3nc(-c4n[nH]c5ccc(NCC6(C=O)CC6(F)F)cc45)[nH]c3c2)CC1. The highest BCUT2D eigenvalue weighted by Crippen LogP contribution is 2.58. The fourth-order valence-corrected chi connectivity index (χ4v) is 4.85. The van der Waals surface area contributed by atoms with Gasteiger partial charge in [-0.25, -0.2) is 13.8 Å². The molecule has 7 nitrogen and oxygen atoms in total. The fourth-order valence-electron chi connectivity index (χ4n) is 4.85. The third-order valence-electron chi connectivity index (χ3n) is 7.38. The Kier molecular flexibility index (Phi) is 4.65. The smallest absolute Gasteiger partial charge is 0.263 e. The molecule has 1 unspecified atom stereocenters. The molecule has 1 saturated heterocycles. The number of nitrogens with one attached hydrogen (secondary N) is 3. The first-order valence-corrected chi connectivity index (χ1v) is 11.7. The van der Waals surface area contributed by atoms with Crippen molar-refractivity contribution < 1.29 is 13.6 Å². The summed E-state index contributed by atoms with van der Waals surface area (Å²) in [5.41, 5.74) is 3.50. The van der Waals surface area contributed by atoms with E-state index in [1.54, 1.807) is 6.07 Å². The summed E-state index contributed by atoms with van der Waals surface area (Å²) in [5, 5.41) is 11.3. The van der Waals surface area contributed by atoms with Crippen LogP contribution in [0.3, 0.4) is 0 Å². The second kappa shape index (κ2) is 7.51. The van der Waals surface area contributed by atoms with Crippen molar-refractivity contribution >= 4 is 39.6 Å². The second-order valence-corrected chi connectivity index (χ2v) is 9.80. The Hall–Kier alpha value is -3.49. The van der Waals surface area contributed by atoms with Crippen LogP contribution in [0.4, 0.5) is 20.2 Å². The Balaban J connectivity index is 1.28. The van der Waals surface area contributed by atoms with Gasteiger partial charge >= 0.3 is 0 Å². The van der Waals surface area contributed by atoms with Gasteiger partial charge in [-0.1, -0.05) is 6.92 Å². The van der Waals surface area contributed by atoms with Crippen molar-refractivity contribution in [2.24, 2.45) is 11.3 Å². The summed E-state index contributed by atoms with van der Waals surface area (Å²) in [6.45, 7) is 4.32. The molecule has 3 heterocycles. The lowest BCUT2D eigenvalue weighted by Gasteiger charge is -2.32. The molecule has 1 atom stereocenters. The molecule has 34 heavy (non-hydrogen) atoms. The van der Waals surface area contributed by atoms with Crippen molar-refractivity contribution in [3.8, 4) is 11.5 Å². The van der Waals surface area contributed by atoms with E-state index >= 15 is 0 Å². The minimum absolute atomic E-state index is 0.106. The van der Waals surface area contributed by atoms with E-state index in [0.29, 0.717) is 23.5 Å². The number of nitrogens with zero attached hydrogens (tertiary/aromatic N) is 3. The number of imidazole rings is 1. The molecule has 4 aromatic rings. The quantitative estimate of drug-likeness (QED) is 0.350. The first-order valence-electron chi connectivity index (χ1n) is 11.7. The zero-order valence-electron chi connectivity index (χ0n) is 18.9. The zero-order valence-corrected chi connectivity index (χ0v) is 18.9. The lowest BCUT2D eigenvalue weighted by molar-refractivity contribution is -0.114. The fraction of sp³-hybridized carbons (Fsp3) is 0.400. The number of hydrogen-bond donors (Lipinski definition) is 3. The topological polar surface area (TPSA) is 89.7 Å². The molecule has 6 rings (SSSR count). The van der Waals surface area contributed by atoms with E-state index in [-0.39, 0.29) is 6.54 Å². The van der Waals surface area contributed by atoms with Crippen molar-refractivity contribution in [2.75, 3.05) is 29.9 Å². The maximum Gasteiger partial charge on any atom is 0.263 e. The van der Waals surface area contributed by atoms with Crippen LogP contribution in [0.5, 0.6) is 0 Å². The van der Waals surface area contributed by atoms with E-state index in [9.17, 15) is 13.6 Å². The Labute approximate surface area is 194 Å². The number of aldehydes is 1. The van der Waals surface area contributed by atoms with Crippen LogP contribution in [0.2, 0.25) is 0 Å². The molecule has 0 amide bonds. The van der Waals surface area contributed by atoms with Gasteiger partial charge in [-0.2, -0.15) is 5.10 Å². The van der Waals surface area contributed by atoms with Crippen LogP contribution in [-0.2, 0) is 4.79 Å². The van der Waals surface area contributed by atoms with Gasteiger partial charge in [-0.15, -0.1) is 0 Å². The highest BCUT2D eigenvalue weighted by atomic mass is 19.3. The average Bonchev–Trinajstić information content (AvgIpc) is 3.16. The summed E-state index contributed by atoms with van der Waals surface area (Å²) in [5.74, 6) is -1.52. The molecular weight excluding hydrogens is 438 g/mol. The van der Waals surface area contributed by atoms with Gasteiger partial charge in [0.25, 0.3) is 5.92 Å². The normalized spacial score (nSPS) is 22.4. The van der Waals surface area contributed by atoms with Gasteiger partial charge in [-0.3, -0.25) is 5.10 Å². The van der Waals surface area contributed by atoms with Gasteiger partial charge in [0.1, 0.15) is 17.4 Å². The molecule has 3 N–H and O–H groups in total. The van der Waals surface area contributed by atoms with Crippen LogP contribution >= 0.6 is 0 Å². The molecule has 0 bridgehead atoms. The first-order chi connectivity index (χ1) is 16.4. The molecular formula is C25H26F2N6O. The number of carbonyl (C=O) groups is 1. The monoisotopic (exact) mass is 464 g/mol. The number of hydrogen-bond acceptors (Lipinski definition) is 5. The van der Waals surface area contributed by atoms with Gasteiger partial charge in [0, 0.05) is 42.8 Å². The number of piperidine rings is 1. The molecule has 1 aliphatic carbocycles. The maximum absolute atomic E-state index is 13.6. The third kappa shape index (κ3) is 3.41. The van der Waals surface area contributed by atoms with Gasteiger partial charge in [0.2, 0.25) is 0 Å².